The molecule has 2 heterocycles. The summed E-state index contributed by atoms with van der Waals surface area (Å²) in [6, 6.07) is 1.87. The molecule has 3 fully saturated rings. The highest BCUT2D eigenvalue weighted by Crippen LogP contribution is 2.32. The molecule has 1 aliphatic carbocycles. The molecule has 0 aromatic rings. The minimum atomic E-state index is 0.334. The van der Waals surface area contributed by atoms with Crippen molar-refractivity contribution in [1.29, 1.82) is 0 Å². The van der Waals surface area contributed by atoms with Gasteiger partial charge in [-0.3, -0.25) is 4.79 Å². The molecule has 0 aromatic heterocycles. The predicted octanol–water partition coefficient (Wildman–Crippen LogP) is 2.70. The SMILES string of the molecule is CCN(C(=O)C1CCCCC1)C1CC2CCC(C1)N2. The zero-order valence-corrected chi connectivity index (χ0v) is 12.2. The molecule has 0 radical (unpaired) electrons. The topological polar surface area (TPSA) is 32.3 Å². The van der Waals surface area contributed by atoms with Crippen molar-refractivity contribution in [2.24, 2.45) is 5.92 Å². The standard InChI is InChI=1S/C16H28N2O/c1-2-18(16(19)12-6-4-3-5-7-12)15-10-13-8-9-14(11-15)17-13/h12-15,17H,2-11H2,1H3. The number of carbonyl (C=O) groups is 1. The van der Waals surface area contributed by atoms with Crippen LogP contribution < -0.4 is 5.32 Å². The molecule has 1 saturated carbocycles. The molecule has 2 unspecified atom stereocenters. The molecule has 2 bridgehead atoms. The van der Waals surface area contributed by atoms with Crippen LogP contribution in [0.4, 0.5) is 0 Å². The van der Waals surface area contributed by atoms with Crippen LogP contribution >= 0.6 is 0 Å². The van der Waals surface area contributed by atoms with Crippen molar-refractivity contribution in [3.8, 4) is 0 Å². The Labute approximate surface area is 117 Å². The average molecular weight is 264 g/mol. The second-order valence-electron chi connectivity index (χ2n) is 6.72. The summed E-state index contributed by atoms with van der Waals surface area (Å²) >= 11 is 0. The first kappa shape index (κ1) is 13.4. The van der Waals surface area contributed by atoms with Crippen LogP contribution in [0.3, 0.4) is 0 Å². The lowest BCUT2D eigenvalue weighted by molar-refractivity contribution is -0.139. The van der Waals surface area contributed by atoms with E-state index >= 15 is 0 Å². The number of amides is 1. The molecule has 108 valence electrons. The number of nitrogens with one attached hydrogen (secondary N) is 1. The predicted molar refractivity (Wildman–Crippen MR) is 76.9 cm³/mol. The molecule has 19 heavy (non-hydrogen) atoms. The third kappa shape index (κ3) is 2.81. The highest BCUT2D eigenvalue weighted by atomic mass is 16.2. The maximum atomic E-state index is 12.8. The Bertz CT molecular complexity index is 313. The van der Waals surface area contributed by atoms with E-state index in [2.05, 4.69) is 17.1 Å². The van der Waals surface area contributed by atoms with E-state index in [0.29, 0.717) is 30.0 Å². The van der Waals surface area contributed by atoms with Crippen LogP contribution in [-0.2, 0) is 4.79 Å². The van der Waals surface area contributed by atoms with Crippen molar-refractivity contribution >= 4 is 5.91 Å². The van der Waals surface area contributed by atoms with Gasteiger partial charge in [-0.2, -0.15) is 0 Å². The molecule has 2 atom stereocenters. The van der Waals surface area contributed by atoms with Gasteiger partial charge in [0.25, 0.3) is 0 Å². The molecule has 0 spiro atoms. The molecule has 3 heteroatoms. The van der Waals surface area contributed by atoms with Crippen molar-refractivity contribution in [1.82, 2.24) is 10.2 Å². The lowest BCUT2D eigenvalue weighted by Crippen LogP contribution is -2.51. The van der Waals surface area contributed by atoms with Gasteiger partial charge in [0.1, 0.15) is 0 Å². The van der Waals surface area contributed by atoms with Crippen LogP contribution in [0.2, 0.25) is 0 Å². The number of hydrogen-bond donors (Lipinski definition) is 1. The van der Waals surface area contributed by atoms with Crippen LogP contribution in [0.15, 0.2) is 0 Å². The summed E-state index contributed by atoms with van der Waals surface area (Å²) in [5.41, 5.74) is 0. The number of nitrogens with zero attached hydrogens (tertiary/aromatic N) is 1. The van der Waals surface area contributed by atoms with E-state index < -0.39 is 0 Å². The minimum Gasteiger partial charge on any atom is -0.340 e. The summed E-state index contributed by atoms with van der Waals surface area (Å²) in [6.45, 7) is 3.06. The number of fused-ring (bicyclic) bond motifs is 2. The van der Waals surface area contributed by atoms with Crippen LogP contribution in [-0.4, -0.2) is 35.5 Å². The Morgan fingerprint density at radius 1 is 1.05 bits per heavy atom. The van der Waals surface area contributed by atoms with Crippen molar-refractivity contribution in [3.05, 3.63) is 0 Å². The molecular weight excluding hydrogens is 236 g/mol. The lowest BCUT2D eigenvalue weighted by Gasteiger charge is -2.39. The first-order valence-corrected chi connectivity index (χ1v) is 8.34. The second kappa shape index (κ2) is 5.82. The van der Waals surface area contributed by atoms with E-state index in [1.165, 1.54) is 44.9 Å². The molecular formula is C16H28N2O. The van der Waals surface area contributed by atoms with Gasteiger partial charge in [0.15, 0.2) is 0 Å². The van der Waals surface area contributed by atoms with Gasteiger partial charge < -0.3 is 10.2 Å². The zero-order valence-electron chi connectivity index (χ0n) is 12.2. The minimum absolute atomic E-state index is 0.334. The van der Waals surface area contributed by atoms with Crippen molar-refractivity contribution < 1.29 is 4.79 Å². The largest absolute Gasteiger partial charge is 0.340 e. The summed E-state index contributed by atoms with van der Waals surface area (Å²) in [4.78, 5) is 15.0. The fraction of sp³-hybridized carbons (Fsp3) is 0.938. The van der Waals surface area contributed by atoms with Gasteiger partial charge in [-0.25, -0.2) is 0 Å². The van der Waals surface area contributed by atoms with Gasteiger partial charge in [0.2, 0.25) is 5.91 Å². The van der Waals surface area contributed by atoms with E-state index in [0.717, 1.165) is 19.4 Å². The number of rotatable bonds is 3. The van der Waals surface area contributed by atoms with E-state index in [9.17, 15) is 4.79 Å². The summed E-state index contributed by atoms with van der Waals surface area (Å²) in [5, 5.41) is 3.68. The maximum absolute atomic E-state index is 12.8. The average Bonchev–Trinajstić information content (AvgIpc) is 2.79. The summed E-state index contributed by atoms with van der Waals surface area (Å²) < 4.78 is 0. The van der Waals surface area contributed by atoms with Crippen molar-refractivity contribution in [3.63, 3.8) is 0 Å². The third-order valence-electron chi connectivity index (χ3n) is 5.47. The highest BCUT2D eigenvalue weighted by molar-refractivity contribution is 5.79. The number of hydrogen-bond acceptors (Lipinski definition) is 2. The first-order valence-electron chi connectivity index (χ1n) is 8.34. The summed E-state index contributed by atoms with van der Waals surface area (Å²) in [5.74, 6) is 0.801. The van der Waals surface area contributed by atoms with Crippen LogP contribution in [0.1, 0.15) is 64.7 Å². The summed E-state index contributed by atoms with van der Waals surface area (Å²) in [6.07, 6.45) is 11.1. The Morgan fingerprint density at radius 2 is 1.68 bits per heavy atom. The van der Waals surface area contributed by atoms with Crippen LogP contribution in [0, 0.1) is 5.92 Å². The lowest BCUT2D eigenvalue weighted by atomic mass is 9.87. The Hall–Kier alpha value is -0.570. The van der Waals surface area contributed by atoms with E-state index in [1.54, 1.807) is 0 Å². The molecule has 1 amide bonds. The van der Waals surface area contributed by atoms with Crippen molar-refractivity contribution in [2.45, 2.75) is 82.8 Å². The zero-order chi connectivity index (χ0) is 13.2. The number of piperidine rings is 1. The Kier molecular flexibility index (Phi) is 4.11. The van der Waals surface area contributed by atoms with Gasteiger partial charge in [-0.1, -0.05) is 19.3 Å². The molecule has 3 aliphatic rings. The molecule has 0 aromatic carbocycles. The second-order valence-corrected chi connectivity index (χ2v) is 6.72. The van der Waals surface area contributed by atoms with Gasteiger partial charge in [0.05, 0.1) is 0 Å². The fourth-order valence-corrected chi connectivity index (χ4v) is 4.46. The Morgan fingerprint density at radius 3 is 2.26 bits per heavy atom. The molecule has 2 saturated heterocycles. The van der Waals surface area contributed by atoms with E-state index in [4.69, 9.17) is 0 Å². The maximum Gasteiger partial charge on any atom is 0.225 e. The third-order valence-corrected chi connectivity index (χ3v) is 5.47. The van der Waals surface area contributed by atoms with Crippen LogP contribution in [0.25, 0.3) is 0 Å². The van der Waals surface area contributed by atoms with Crippen LogP contribution in [0.5, 0.6) is 0 Å². The van der Waals surface area contributed by atoms with E-state index in [-0.39, 0.29) is 0 Å². The Balaban J connectivity index is 1.64. The first-order chi connectivity index (χ1) is 9.28. The normalized spacial score (nSPS) is 35.3. The molecule has 3 nitrogen and oxygen atoms in total. The number of carbonyl (C=O) groups excluding carboxylic acids is 1. The van der Waals surface area contributed by atoms with Gasteiger partial charge in [0, 0.05) is 30.6 Å². The van der Waals surface area contributed by atoms with E-state index in [1.807, 2.05) is 0 Å². The molecule has 1 N–H and O–H groups in total. The fourth-order valence-electron chi connectivity index (χ4n) is 4.46. The quantitative estimate of drug-likeness (QED) is 0.850. The smallest absolute Gasteiger partial charge is 0.225 e. The van der Waals surface area contributed by atoms with Crippen molar-refractivity contribution in [2.75, 3.05) is 6.54 Å². The highest BCUT2D eigenvalue weighted by Gasteiger charge is 2.38. The van der Waals surface area contributed by atoms with Gasteiger partial charge in [-0.05, 0) is 45.4 Å². The molecule has 2 aliphatic heterocycles. The van der Waals surface area contributed by atoms with Gasteiger partial charge >= 0.3 is 0 Å². The summed E-state index contributed by atoms with van der Waals surface area (Å²) in [7, 11) is 0. The van der Waals surface area contributed by atoms with Gasteiger partial charge in [-0.15, -0.1) is 0 Å². The molecule has 3 rings (SSSR count). The monoisotopic (exact) mass is 264 g/mol.